The number of nitrogens with two attached hydrogens (primary N) is 1. The lowest BCUT2D eigenvalue weighted by atomic mass is 9.72. The fraction of sp³-hybridized carbons (Fsp3) is 0.787. The van der Waals surface area contributed by atoms with E-state index >= 15 is 0 Å². The van der Waals surface area contributed by atoms with Gasteiger partial charge >= 0.3 is 11.9 Å². The van der Waals surface area contributed by atoms with Crippen LogP contribution in [0.3, 0.4) is 0 Å². The SMILES string of the molecule is CCCC(=O)OC(C(C)C[C@H](C)/C=C/C=C/C=C(\C)[C@H](CCCCC1NC1C(=O)C(C)=O)OC)[C@H](OC)C(C)/C(C)=C/[C@@H](C)C(=O)CC[C@H](C)CC1CC[C@@H](N)C(C2CC2C)C1.CCCCCC(C)C(=O)O. The Labute approximate surface area is 438 Å². The smallest absolute Gasteiger partial charge is 0.306 e. The van der Waals surface area contributed by atoms with Gasteiger partial charge in [0.1, 0.15) is 18.0 Å². The number of carbonyl (C=O) groups is 5. The van der Waals surface area contributed by atoms with Crippen LogP contribution in [0, 0.1) is 59.2 Å². The summed E-state index contributed by atoms with van der Waals surface area (Å²) in [4.78, 5) is 59.9. The Hall–Kier alpha value is -3.25. The average molecular weight is 1010 g/mol. The van der Waals surface area contributed by atoms with E-state index in [1.165, 1.54) is 32.6 Å². The monoisotopic (exact) mass is 1010 g/mol. The summed E-state index contributed by atoms with van der Waals surface area (Å²) in [5.41, 5.74) is 8.78. The molecule has 2 aliphatic carbocycles. The molecule has 0 amide bonds. The molecule has 1 heterocycles. The number of nitrogens with one attached hydrogen (secondary N) is 1. The molecule has 1 aliphatic heterocycles. The number of aliphatic carboxylic acids is 1. The summed E-state index contributed by atoms with van der Waals surface area (Å²) in [6.07, 6.45) is 29.2. The predicted octanol–water partition coefficient (Wildman–Crippen LogP) is 12.8. The molecule has 0 radical (unpaired) electrons. The first-order valence-corrected chi connectivity index (χ1v) is 28.4. The zero-order valence-electron chi connectivity index (χ0n) is 47.7. The van der Waals surface area contributed by atoms with Crippen molar-refractivity contribution in [2.75, 3.05) is 14.2 Å². The first-order chi connectivity index (χ1) is 34.1. The minimum atomic E-state index is -0.670. The normalized spacial score (nSPS) is 26.1. The standard InChI is InChI=1S/C53H88N2O7.C8H16O2/c1-13-19-49(58)62-52(39(8)28-33(2)20-15-14-16-21-35(4)48(60-11)23-18-17-22-46-50(55-46)51(59)41(10)56)53(61-12)40(9)36(5)30-38(7)47(57)27-24-34(3)29-42-25-26-45(54)44(32-42)43-31-37(43)6;1-3-4-5-6-7(2)8(9)10/h14-16,20-21,30,33-34,37-40,42-46,48,50,52-53,55H,13,17-19,22-29,31-32,54H2,1-12H3;7H,3-6H2,1-2H3,(H,9,10)/b16-14+,20-15+,35-21+,36-30+;/t33-,34+,37?,38-,39?,40?,42?,43?,44?,45-,46?,48+,50?,52?,53-;/m1./s1. The van der Waals surface area contributed by atoms with Crippen LogP contribution in [0.1, 0.15) is 199 Å². The summed E-state index contributed by atoms with van der Waals surface area (Å²) in [5, 5.41) is 11.6. The van der Waals surface area contributed by atoms with E-state index in [-0.39, 0.29) is 77.2 Å². The lowest BCUT2D eigenvalue weighted by Crippen LogP contribution is -2.42. The molecular weight excluding hydrogens is 905 g/mol. The van der Waals surface area contributed by atoms with Gasteiger partial charge in [0.15, 0.2) is 5.78 Å². The van der Waals surface area contributed by atoms with Gasteiger partial charge in [0.05, 0.1) is 18.1 Å². The van der Waals surface area contributed by atoms with Crippen molar-refractivity contribution in [3.8, 4) is 0 Å². The average Bonchev–Trinajstić information content (AvgIpc) is 4.27. The zero-order chi connectivity index (χ0) is 54.1. The van der Waals surface area contributed by atoms with Crippen LogP contribution in [0.25, 0.3) is 0 Å². The predicted molar refractivity (Wildman–Crippen MR) is 293 cm³/mol. The number of allylic oxidation sites excluding steroid dienone is 6. The quantitative estimate of drug-likeness (QED) is 0.0137. The molecule has 16 atom stereocenters. The molecule has 3 aliphatic rings. The summed E-state index contributed by atoms with van der Waals surface area (Å²) >= 11 is 0. The van der Waals surface area contributed by atoms with Crippen molar-refractivity contribution >= 4 is 29.3 Å². The van der Waals surface area contributed by atoms with Crippen molar-refractivity contribution in [3.63, 3.8) is 0 Å². The molecule has 3 rings (SSSR count). The third-order valence-corrected chi connectivity index (χ3v) is 16.3. The summed E-state index contributed by atoms with van der Waals surface area (Å²) < 4.78 is 18.1. The number of hydrogen-bond donors (Lipinski definition) is 3. The first kappa shape index (κ1) is 64.9. The van der Waals surface area contributed by atoms with Gasteiger partial charge in [-0.1, -0.05) is 136 Å². The largest absolute Gasteiger partial charge is 0.481 e. The van der Waals surface area contributed by atoms with Crippen LogP contribution in [0.4, 0.5) is 0 Å². The molecule has 1 saturated heterocycles. The fourth-order valence-corrected chi connectivity index (χ4v) is 11.1. The van der Waals surface area contributed by atoms with Crippen LogP contribution in [0.2, 0.25) is 0 Å². The number of esters is 1. The molecule has 0 spiro atoms. The number of methoxy groups -OCH3 is 2. The van der Waals surface area contributed by atoms with E-state index in [1.54, 1.807) is 21.1 Å². The second-order valence-corrected chi connectivity index (χ2v) is 22.9. The number of ether oxygens (including phenoxy) is 3. The van der Waals surface area contributed by atoms with Gasteiger partial charge < -0.3 is 30.4 Å². The molecule has 2 saturated carbocycles. The van der Waals surface area contributed by atoms with Crippen LogP contribution >= 0.6 is 0 Å². The minimum absolute atomic E-state index is 0.0189. The Balaban J connectivity index is 0.00000159. The zero-order valence-corrected chi connectivity index (χ0v) is 47.7. The number of carbonyl (C=O) groups excluding carboxylic acids is 4. The van der Waals surface area contributed by atoms with E-state index < -0.39 is 12.1 Å². The van der Waals surface area contributed by atoms with Gasteiger partial charge in [0, 0.05) is 57.9 Å². The maximum absolute atomic E-state index is 13.5. The highest BCUT2D eigenvalue weighted by atomic mass is 16.6. The number of rotatable bonds is 35. The van der Waals surface area contributed by atoms with Gasteiger partial charge in [-0.25, -0.2) is 0 Å². The van der Waals surface area contributed by atoms with Crippen molar-refractivity contribution in [3.05, 3.63) is 47.6 Å². The fourth-order valence-electron chi connectivity index (χ4n) is 11.1. The minimum Gasteiger partial charge on any atom is -0.481 e. The van der Waals surface area contributed by atoms with Gasteiger partial charge in [0.25, 0.3) is 0 Å². The van der Waals surface area contributed by atoms with Crippen molar-refractivity contribution in [2.45, 2.75) is 235 Å². The van der Waals surface area contributed by atoms with Crippen LogP contribution in [-0.2, 0) is 38.2 Å². The van der Waals surface area contributed by atoms with Gasteiger partial charge in [-0.3, -0.25) is 24.0 Å². The van der Waals surface area contributed by atoms with Crippen molar-refractivity contribution in [1.29, 1.82) is 0 Å². The van der Waals surface area contributed by atoms with Crippen LogP contribution in [-0.4, -0.2) is 85.1 Å². The van der Waals surface area contributed by atoms with Gasteiger partial charge in [-0.05, 0) is 131 Å². The summed E-state index contributed by atoms with van der Waals surface area (Å²) in [5.74, 6) is 2.20. The molecule has 0 bridgehead atoms. The first-order valence-electron chi connectivity index (χ1n) is 28.4. The molecule has 72 heavy (non-hydrogen) atoms. The van der Waals surface area contributed by atoms with Crippen molar-refractivity contribution in [1.82, 2.24) is 5.32 Å². The number of carboxylic acids is 1. The third kappa shape index (κ3) is 24.0. The van der Waals surface area contributed by atoms with Crippen LogP contribution < -0.4 is 11.1 Å². The number of carboxylic acid groups (broad SMARTS) is 1. The third-order valence-electron chi connectivity index (χ3n) is 16.3. The van der Waals surface area contributed by atoms with Gasteiger partial charge in [-0.15, -0.1) is 0 Å². The van der Waals surface area contributed by atoms with E-state index in [0.717, 1.165) is 106 Å². The molecule has 4 N–H and O–H groups in total. The van der Waals surface area contributed by atoms with E-state index in [0.29, 0.717) is 30.7 Å². The summed E-state index contributed by atoms with van der Waals surface area (Å²) in [6, 6.07) is 0.205. The molecule has 11 heteroatoms. The maximum atomic E-state index is 13.5. The number of ketones is 3. The molecule has 0 aromatic heterocycles. The highest BCUT2D eigenvalue weighted by Gasteiger charge is 2.45. The van der Waals surface area contributed by atoms with Gasteiger partial charge in [-0.2, -0.15) is 0 Å². The number of unbranched alkanes of at least 4 members (excludes halogenated alkanes) is 3. The number of Topliss-reactive ketones (excluding diaryl/α,β-unsaturated/α-hetero) is 3. The molecule has 412 valence electrons. The van der Waals surface area contributed by atoms with E-state index in [4.69, 9.17) is 25.1 Å². The highest BCUT2D eigenvalue weighted by Crippen LogP contribution is 2.50. The van der Waals surface area contributed by atoms with Gasteiger partial charge in [0.2, 0.25) is 5.78 Å². The Morgan fingerprint density at radius 2 is 1.46 bits per heavy atom. The number of hydrogen-bond acceptors (Lipinski definition) is 10. The lowest BCUT2D eigenvalue weighted by Gasteiger charge is -2.36. The Kier molecular flexibility index (Phi) is 30.9. The molecule has 10 unspecified atom stereocenters. The Bertz CT molecular complexity index is 1770. The molecular formula is C61H104N2O9. The highest BCUT2D eigenvalue weighted by molar-refractivity contribution is 6.39. The van der Waals surface area contributed by atoms with Crippen LogP contribution in [0.15, 0.2) is 47.6 Å². The molecule has 0 aromatic carbocycles. The van der Waals surface area contributed by atoms with E-state index in [2.05, 4.69) is 85.0 Å². The van der Waals surface area contributed by atoms with E-state index in [1.807, 2.05) is 26.0 Å². The summed E-state index contributed by atoms with van der Waals surface area (Å²) in [6.45, 7) is 24.5. The Morgan fingerprint density at radius 3 is 2.06 bits per heavy atom. The van der Waals surface area contributed by atoms with E-state index in [9.17, 15) is 24.0 Å². The van der Waals surface area contributed by atoms with Crippen molar-refractivity contribution < 1.29 is 43.3 Å². The Morgan fingerprint density at radius 1 is 0.778 bits per heavy atom. The summed E-state index contributed by atoms with van der Waals surface area (Å²) in [7, 11) is 3.44. The second kappa shape index (κ2) is 34.3. The lowest BCUT2D eigenvalue weighted by molar-refractivity contribution is -0.163. The molecule has 11 nitrogen and oxygen atoms in total. The van der Waals surface area contributed by atoms with Crippen molar-refractivity contribution in [2.24, 2.45) is 64.9 Å². The molecule has 0 aromatic rings. The maximum Gasteiger partial charge on any atom is 0.306 e. The second-order valence-electron chi connectivity index (χ2n) is 22.9. The molecule has 3 fully saturated rings. The van der Waals surface area contributed by atoms with Crippen LogP contribution in [0.5, 0.6) is 0 Å². The topological polar surface area (TPSA) is 181 Å².